The molecule has 19 heavy (non-hydrogen) atoms. The minimum absolute atomic E-state index is 0.437. The van der Waals surface area contributed by atoms with E-state index in [9.17, 15) is 18.0 Å². The fourth-order valence-electron chi connectivity index (χ4n) is 0.450. The van der Waals surface area contributed by atoms with Crippen molar-refractivity contribution in [2.45, 2.75) is 0 Å². The third-order valence-electron chi connectivity index (χ3n) is 0.849. The topological polar surface area (TPSA) is 192 Å². The van der Waals surface area contributed by atoms with Gasteiger partial charge in [-0.05, 0) is 12.2 Å². The van der Waals surface area contributed by atoms with Crippen molar-refractivity contribution in [3.05, 3.63) is 24.3 Å². The van der Waals surface area contributed by atoms with Crippen LogP contribution in [-0.4, -0.2) is 20.0 Å². The Morgan fingerprint density at radius 3 is 1.11 bits per heavy atom. The second-order valence-corrected chi connectivity index (χ2v) is 10.5. The molecule has 10 nitrogen and oxygen atoms in total. The molecular formula is C6H8Br2N6O4S+2. The van der Waals surface area contributed by atoms with Crippen LogP contribution in [0.15, 0.2) is 24.3 Å². The van der Waals surface area contributed by atoms with Gasteiger partial charge in [-0.3, -0.25) is 9.59 Å². The van der Waals surface area contributed by atoms with Crippen LogP contribution in [0.4, 0.5) is 0 Å². The molecule has 0 fully saturated rings. The van der Waals surface area contributed by atoms with Gasteiger partial charge in [0.05, 0.1) is 29.6 Å². The summed E-state index contributed by atoms with van der Waals surface area (Å²) in [5.41, 5.74) is 22.0. The molecule has 104 valence electrons. The Balaban J connectivity index is -0.000000202. The van der Waals surface area contributed by atoms with Crippen molar-refractivity contribution < 1.29 is 18.0 Å². The number of nitrogens with one attached hydrogen (secondary N) is 4. The number of hydrogen-bond acceptors (Lipinski definition) is 8. The fraction of sp³-hybridized carbons (Fsp3) is 0. The van der Waals surface area contributed by atoms with Gasteiger partial charge in [-0.15, -0.1) is 0 Å². The van der Waals surface area contributed by atoms with Crippen LogP contribution in [0.5, 0.6) is 0 Å². The molecule has 0 radical (unpaired) electrons. The summed E-state index contributed by atoms with van der Waals surface area (Å²) in [6, 6.07) is 0. The van der Waals surface area contributed by atoms with Crippen molar-refractivity contribution in [3.8, 4) is 0 Å². The molecule has 0 aromatic rings. The summed E-state index contributed by atoms with van der Waals surface area (Å²) < 4.78 is 18.9. The zero-order valence-corrected chi connectivity index (χ0v) is 13.0. The molecule has 0 spiro atoms. The quantitative estimate of drug-likeness (QED) is 0.152. The molecule has 0 amide bonds. The summed E-state index contributed by atoms with van der Waals surface area (Å²) in [4.78, 5) is 24.6. The molecule has 0 aliphatic heterocycles. The van der Waals surface area contributed by atoms with Crippen molar-refractivity contribution in [2.75, 3.05) is 0 Å². The highest BCUT2D eigenvalue weighted by atomic mass is 79.9. The van der Waals surface area contributed by atoms with Crippen LogP contribution in [-0.2, 0) is 16.3 Å². The lowest BCUT2D eigenvalue weighted by Gasteiger charge is -1.88. The van der Waals surface area contributed by atoms with E-state index < -0.39 is 18.3 Å². The minimum atomic E-state index is -3.04. The van der Waals surface area contributed by atoms with Crippen molar-refractivity contribution in [3.63, 3.8) is 0 Å². The zero-order valence-electron chi connectivity index (χ0n) is 9.00. The Morgan fingerprint density at radius 1 is 0.842 bits per heavy atom. The van der Waals surface area contributed by atoms with E-state index in [-0.39, 0.29) is 0 Å². The number of nitrogens with zero attached hydrogens (tertiary/aromatic N) is 2. The first-order chi connectivity index (χ1) is 8.63. The van der Waals surface area contributed by atoms with Crippen LogP contribution in [0.25, 0.3) is 0 Å². The summed E-state index contributed by atoms with van der Waals surface area (Å²) in [5.74, 6) is -0.875. The Hall–Kier alpha value is -1.65. The first-order valence-corrected chi connectivity index (χ1v) is 8.94. The summed E-state index contributed by atoms with van der Waals surface area (Å²) in [7, 11) is 0. The molecule has 0 atom stereocenters. The summed E-state index contributed by atoms with van der Waals surface area (Å²) >= 11 is 4.53. The van der Waals surface area contributed by atoms with E-state index in [1.165, 1.54) is 12.2 Å². The molecule has 13 heteroatoms. The molecule has 0 saturated carbocycles. The average Bonchev–Trinajstić information content (AvgIpc) is 2.22. The van der Waals surface area contributed by atoms with Crippen molar-refractivity contribution in [1.29, 1.82) is 22.1 Å². The Labute approximate surface area is 122 Å². The molecule has 4 N–H and O–H groups in total. The molecule has 0 unspecified atom stereocenters. The maximum atomic E-state index is 10.3. The predicted molar refractivity (Wildman–Crippen MR) is 70.2 cm³/mol. The normalized spacial score (nSPS) is 11.3. The number of allylic oxidation sites excluding steroid dienone is 4. The monoisotopic (exact) mass is 418 g/mol. The van der Waals surface area contributed by atoms with Crippen LogP contribution >= 0.6 is 29.6 Å². The van der Waals surface area contributed by atoms with E-state index >= 15 is 0 Å². The van der Waals surface area contributed by atoms with Gasteiger partial charge in [0.1, 0.15) is 22.1 Å². The van der Waals surface area contributed by atoms with E-state index in [2.05, 4.69) is 29.6 Å². The van der Waals surface area contributed by atoms with E-state index in [1.54, 1.807) is 12.2 Å². The molecule has 1 aliphatic carbocycles. The molecule has 0 saturated heterocycles. The highest BCUT2D eigenvalue weighted by molar-refractivity contribution is 9.79. The summed E-state index contributed by atoms with van der Waals surface area (Å²) in [6.07, 6.45) is 5.60. The van der Waals surface area contributed by atoms with Crippen LogP contribution < -0.4 is 9.82 Å². The maximum absolute atomic E-state index is 10.3. The van der Waals surface area contributed by atoms with Gasteiger partial charge in [0, 0.05) is 0 Å². The van der Waals surface area contributed by atoms with Crippen molar-refractivity contribution in [1.82, 2.24) is 9.82 Å². The lowest BCUT2D eigenvalue weighted by molar-refractivity contribution is -0.131. The average molecular weight is 420 g/mol. The molecule has 0 aromatic heterocycles. The predicted octanol–water partition coefficient (Wildman–Crippen LogP) is 1.50. The van der Waals surface area contributed by atoms with E-state index in [0.717, 1.165) is 0 Å². The highest BCUT2D eigenvalue weighted by Crippen LogP contribution is 2.06. The van der Waals surface area contributed by atoms with E-state index in [4.69, 9.17) is 22.1 Å². The standard InChI is InChI=1S/C6H4O2.Br2O2S.2H2N3/c7-5-3-1-2-4-6(5)8;1-5(2,3)4;2*1-3-2/h1-4H;;2*1-2H/q;;2*+1. The number of hydrogen-bond donors (Lipinski definition) is 4. The van der Waals surface area contributed by atoms with Gasteiger partial charge in [0.15, 0.2) is 0 Å². The van der Waals surface area contributed by atoms with Gasteiger partial charge in [-0.25, -0.2) is 8.42 Å². The number of ketones is 2. The summed E-state index contributed by atoms with van der Waals surface area (Å²) in [6.45, 7) is -3.04. The third kappa shape index (κ3) is 38.5. The first kappa shape index (κ1) is 22.5. The molecule has 0 aromatic carbocycles. The van der Waals surface area contributed by atoms with Crippen molar-refractivity contribution >= 4 is 47.9 Å². The van der Waals surface area contributed by atoms with Gasteiger partial charge >= 0.3 is 0 Å². The smallest absolute Gasteiger partial charge is 0.268 e. The SMILES string of the molecule is N=[N+]=N.N=[N+]=N.O=C1C=CC=CC1=O.O=S(=O)(Br)Br. The van der Waals surface area contributed by atoms with Crippen molar-refractivity contribution in [2.24, 2.45) is 0 Å². The van der Waals surface area contributed by atoms with Crippen LogP contribution in [0.3, 0.4) is 0 Å². The number of halogens is 2. The van der Waals surface area contributed by atoms with Gasteiger partial charge in [-0.2, -0.15) is 0 Å². The zero-order chi connectivity index (χ0) is 15.9. The minimum Gasteiger partial charge on any atom is -0.286 e. The van der Waals surface area contributed by atoms with Crippen LogP contribution in [0.1, 0.15) is 0 Å². The highest BCUT2D eigenvalue weighted by Gasteiger charge is 2.06. The summed E-state index contributed by atoms with van der Waals surface area (Å²) in [5, 5.41) is 0. The van der Waals surface area contributed by atoms with Crippen LogP contribution in [0.2, 0.25) is 0 Å². The second kappa shape index (κ2) is 14.4. The molecular weight excluding hydrogens is 412 g/mol. The lowest BCUT2D eigenvalue weighted by Crippen LogP contribution is -2.08. The second-order valence-electron chi connectivity index (χ2n) is 2.05. The Kier molecular flexibility index (Phi) is 17.1. The first-order valence-electron chi connectivity index (χ1n) is 3.77. The fourth-order valence-corrected chi connectivity index (χ4v) is 0.450. The molecule has 1 aliphatic rings. The third-order valence-corrected chi connectivity index (χ3v) is 0.849. The van der Waals surface area contributed by atoms with Gasteiger partial charge in [-0.1, -0.05) is 12.2 Å². The van der Waals surface area contributed by atoms with Crippen LogP contribution in [0, 0.1) is 22.1 Å². The largest absolute Gasteiger partial charge is 0.286 e. The van der Waals surface area contributed by atoms with E-state index in [0.29, 0.717) is 0 Å². The molecule has 1 rings (SSSR count). The Morgan fingerprint density at radius 2 is 1.00 bits per heavy atom. The van der Waals surface area contributed by atoms with E-state index in [1.807, 2.05) is 9.82 Å². The van der Waals surface area contributed by atoms with Gasteiger partial charge in [0.2, 0.25) is 21.4 Å². The number of carbonyl (C=O) groups is 2. The maximum Gasteiger partial charge on any atom is 0.268 e. The van der Waals surface area contributed by atoms with Gasteiger partial charge in [0.25, 0.3) is 6.70 Å². The number of rotatable bonds is 0. The number of carbonyl (C=O) groups excluding carboxylic acids is 2. The molecule has 0 bridgehead atoms. The lowest BCUT2D eigenvalue weighted by atomic mass is 10.1. The Bertz CT molecular complexity index is 486. The molecule has 0 heterocycles. The van der Waals surface area contributed by atoms with Gasteiger partial charge < -0.3 is 0 Å².